The molecule has 0 amide bonds. The second-order valence-electron chi connectivity index (χ2n) is 5.32. The summed E-state index contributed by atoms with van der Waals surface area (Å²) >= 11 is 0. The van der Waals surface area contributed by atoms with Gasteiger partial charge in [0.25, 0.3) is 0 Å². The number of ether oxygens (including phenoxy) is 2. The standard InChI is InChI=1S/C13H24N6O2/c1-4-10-9(5-6-20-10)7-15-11-16-12(19-14)18-13(17-11)21-8(2)3/h8-10H,4-7,14H2,1-3H3,(H2,15,16,17,18,19). The Morgan fingerprint density at radius 3 is 2.76 bits per heavy atom. The van der Waals surface area contributed by atoms with Crippen molar-refractivity contribution in [2.24, 2.45) is 11.8 Å². The first kappa shape index (κ1) is 15.7. The van der Waals surface area contributed by atoms with Crippen LogP contribution in [0.1, 0.15) is 33.6 Å². The Morgan fingerprint density at radius 1 is 1.33 bits per heavy atom. The molecule has 2 heterocycles. The zero-order valence-electron chi connectivity index (χ0n) is 12.8. The van der Waals surface area contributed by atoms with Crippen molar-refractivity contribution in [2.45, 2.75) is 45.8 Å². The quantitative estimate of drug-likeness (QED) is 0.508. The van der Waals surface area contributed by atoms with Crippen LogP contribution in [-0.2, 0) is 4.74 Å². The van der Waals surface area contributed by atoms with Gasteiger partial charge in [-0.15, -0.1) is 0 Å². The summed E-state index contributed by atoms with van der Waals surface area (Å²) in [6.07, 6.45) is 2.35. The molecular weight excluding hydrogens is 272 g/mol. The van der Waals surface area contributed by atoms with Gasteiger partial charge in [-0.3, -0.25) is 5.43 Å². The summed E-state index contributed by atoms with van der Waals surface area (Å²) in [5.41, 5.74) is 2.42. The molecule has 2 atom stereocenters. The fraction of sp³-hybridized carbons (Fsp3) is 0.769. The number of nitrogens with zero attached hydrogens (tertiary/aromatic N) is 3. The average Bonchev–Trinajstić information content (AvgIpc) is 2.91. The summed E-state index contributed by atoms with van der Waals surface area (Å²) in [4.78, 5) is 12.5. The molecular formula is C13H24N6O2. The number of hydrazine groups is 1. The molecule has 0 aromatic carbocycles. The first-order chi connectivity index (χ1) is 10.1. The number of nitrogens with one attached hydrogen (secondary N) is 2. The van der Waals surface area contributed by atoms with Gasteiger partial charge < -0.3 is 14.8 Å². The molecule has 1 aromatic heterocycles. The van der Waals surface area contributed by atoms with Crippen LogP contribution in [0.15, 0.2) is 0 Å². The van der Waals surface area contributed by atoms with Crippen molar-refractivity contribution in [3.63, 3.8) is 0 Å². The van der Waals surface area contributed by atoms with E-state index in [0.29, 0.717) is 18.0 Å². The Hall–Kier alpha value is -1.67. The van der Waals surface area contributed by atoms with E-state index in [2.05, 4.69) is 32.6 Å². The lowest BCUT2D eigenvalue weighted by atomic mass is 10.00. The first-order valence-electron chi connectivity index (χ1n) is 7.37. The highest BCUT2D eigenvalue weighted by Gasteiger charge is 2.26. The fourth-order valence-electron chi connectivity index (χ4n) is 2.36. The molecule has 1 aromatic rings. The van der Waals surface area contributed by atoms with Crippen LogP contribution in [0.2, 0.25) is 0 Å². The van der Waals surface area contributed by atoms with Crippen molar-refractivity contribution in [3.8, 4) is 6.01 Å². The fourth-order valence-corrected chi connectivity index (χ4v) is 2.36. The summed E-state index contributed by atoms with van der Waals surface area (Å²) < 4.78 is 11.2. The van der Waals surface area contributed by atoms with E-state index in [-0.39, 0.29) is 18.1 Å². The molecule has 1 aliphatic heterocycles. The molecule has 0 saturated carbocycles. The highest BCUT2D eigenvalue weighted by molar-refractivity contribution is 5.35. The van der Waals surface area contributed by atoms with Gasteiger partial charge in [-0.1, -0.05) is 6.92 Å². The molecule has 0 aliphatic carbocycles. The van der Waals surface area contributed by atoms with Crippen LogP contribution in [0, 0.1) is 5.92 Å². The minimum atomic E-state index is -0.0152. The summed E-state index contributed by atoms with van der Waals surface area (Å²) in [6, 6.07) is 0.255. The summed E-state index contributed by atoms with van der Waals surface area (Å²) in [5, 5.41) is 3.22. The van der Waals surface area contributed by atoms with Gasteiger partial charge >= 0.3 is 6.01 Å². The van der Waals surface area contributed by atoms with Crippen LogP contribution in [0.4, 0.5) is 11.9 Å². The number of nitrogen functional groups attached to an aromatic ring is 1. The monoisotopic (exact) mass is 296 g/mol. The molecule has 2 rings (SSSR count). The molecule has 8 heteroatoms. The third-order valence-electron chi connectivity index (χ3n) is 3.36. The number of anilines is 2. The maximum absolute atomic E-state index is 5.67. The first-order valence-corrected chi connectivity index (χ1v) is 7.37. The Balaban J connectivity index is 2.01. The number of rotatable bonds is 7. The lowest BCUT2D eigenvalue weighted by Gasteiger charge is -2.17. The van der Waals surface area contributed by atoms with E-state index >= 15 is 0 Å². The maximum Gasteiger partial charge on any atom is 0.323 e. The van der Waals surface area contributed by atoms with Crippen molar-refractivity contribution >= 4 is 11.9 Å². The second-order valence-corrected chi connectivity index (χ2v) is 5.32. The molecule has 21 heavy (non-hydrogen) atoms. The lowest BCUT2D eigenvalue weighted by Crippen LogP contribution is -2.24. The van der Waals surface area contributed by atoms with Crippen molar-refractivity contribution in [2.75, 3.05) is 23.9 Å². The Morgan fingerprint density at radius 2 is 2.10 bits per heavy atom. The number of hydrogen-bond acceptors (Lipinski definition) is 8. The van der Waals surface area contributed by atoms with Crippen molar-refractivity contribution in [1.29, 1.82) is 0 Å². The Kier molecular flexibility index (Phi) is 5.51. The van der Waals surface area contributed by atoms with Crippen LogP contribution in [-0.4, -0.2) is 40.3 Å². The molecule has 4 N–H and O–H groups in total. The molecule has 0 spiro atoms. The number of nitrogens with two attached hydrogens (primary N) is 1. The zero-order chi connectivity index (χ0) is 15.2. The van der Waals surface area contributed by atoms with Crippen molar-refractivity contribution < 1.29 is 9.47 Å². The summed E-state index contributed by atoms with van der Waals surface area (Å²) in [7, 11) is 0. The van der Waals surface area contributed by atoms with E-state index in [1.165, 1.54) is 0 Å². The van der Waals surface area contributed by atoms with Crippen LogP contribution in [0.5, 0.6) is 6.01 Å². The van der Waals surface area contributed by atoms with Crippen molar-refractivity contribution in [1.82, 2.24) is 15.0 Å². The van der Waals surface area contributed by atoms with E-state index in [1.54, 1.807) is 0 Å². The molecule has 0 radical (unpaired) electrons. The molecule has 2 unspecified atom stereocenters. The predicted octanol–water partition coefficient (Wildman–Crippen LogP) is 1.17. The van der Waals surface area contributed by atoms with Gasteiger partial charge in [-0.05, 0) is 26.7 Å². The molecule has 0 bridgehead atoms. The smallest absolute Gasteiger partial charge is 0.323 e. The molecule has 118 valence electrons. The zero-order valence-corrected chi connectivity index (χ0v) is 12.8. The predicted molar refractivity (Wildman–Crippen MR) is 80.0 cm³/mol. The largest absolute Gasteiger partial charge is 0.461 e. The summed E-state index contributed by atoms with van der Waals surface area (Å²) in [6.45, 7) is 7.53. The lowest BCUT2D eigenvalue weighted by molar-refractivity contribution is 0.0900. The normalized spacial score (nSPS) is 21.6. The molecule has 1 aliphatic rings. The van der Waals surface area contributed by atoms with E-state index in [9.17, 15) is 0 Å². The van der Waals surface area contributed by atoms with Gasteiger partial charge in [0.2, 0.25) is 11.9 Å². The Labute approximate surface area is 124 Å². The van der Waals surface area contributed by atoms with E-state index in [4.69, 9.17) is 15.3 Å². The number of hydrogen-bond donors (Lipinski definition) is 3. The van der Waals surface area contributed by atoms with Gasteiger partial charge in [0.05, 0.1) is 12.2 Å². The van der Waals surface area contributed by atoms with Gasteiger partial charge in [0, 0.05) is 19.1 Å². The van der Waals surface area contributed by atoms with Crippen LogP contribution < -0.4 is 21.3 Å². The van der Waals surface area contributed by atoms with E-state index in [0.717, 1.165) is 26.0 Å². The van der Waals surface area contributed by atoms with Crippen molar-refractivity contribution in [3.05, 3.63) is 0 Å². The Bertz CT molecular complexity index is 456. The van der Waals surface area contributed by atoms with E-state index < -0.39 is 0 Å². The van der Waals surface area contributed by atoms with E-state index in [1.807, 2.05) is 13.8 Å². The summed E-state index contributed by atoms with van der Waals surface area (Å²) in [5.74, 6) is 6.57. The molecule has 8 nitrogen and oxygen atoms in total. The highest BCUT2D eigenvalue weighted by Crippen LogP contribution is 2.23. The van der Waals surface area contributed by atoms with Crippen LogP contribution in [0.25, 0.3) is 0 Å². The highest BCUT2D eigenvalue weighted by atomic mass is 16.5. The minimum Gasteiger partial charge on any atom is -0.461 e. The third kappa shape index (κ3) is 4.40. The van der Waals surface area contributed by atoms with Gasteiger partial charge in [0.15, 0.2) is 0 Å². The maximum atomic E-state index is 5.67. The minimum absolute atomic E-state index is 0.0152. The third-order valence-corrected chi connectivity index (χ3v) is 3.36. The average molecular weight is 296 g/mol. The van der Waals surface area contributed by atoms with Gasteiger partial charge in [-0.2, -0.15) is 15.0 Å². The second kappa shape index (κ2) is 7.37. The topological polar surface area (TPSA) is 107 Å². The van der Waals surface area contributed by atoms with Crippen LogP contribution >= 0.6 is 0 Å². The molecule has 1 saturated heterocycles. The van der Waals surface area contributed by atoms with Gasteiger partial charge in [-0.25, -0.2) is 5.84 Å². The van der Waals surface area contributed by atoms with Crippen LogP contribution in [0.3, 0.4) is 0 Å². The van der Waals surface area contributed by atoms with Gasteiger partial charge in [0.1, 0.15) is 0 Å². The SMILES string of the molecule is CCC1OCCC1CNc1nc(NN)nc(OC(C)C)n1. The molecule has 1 fully saturated rings. The number of aromatic nitrogens is 3.